The number of fused-ring (bicyclic) bond motifs is 1. The maximum Gasteiger partial charge on any atom is 0.416 e. The molecule has 0 radical (unpaired) electrons. The van der Waals surface area contributed by atoms with Crippen LogP contribution in [0.15, 0.2) is 22.7 Å². The van der Waals surface area contributed by atoms with E-state index in [0.29, 0.717) is 24.6 Å². The Morgan fingerprint density at radius 3 is 2.69 bits per heavy atom. The number of amides is 2. The molecular weight excluding hydrogens is 475 g/mol. The molecule has 3 aliphatic rings. The number of nitrogens with zero attached hydrogens (tertiary/aromatic N) is 4. The minimum atomic E-state index is -4.52. The van der Waals surface area contributed by atoms with Crippen LogP contribution in [0.25, 0.3) is 0 Å². The Hall–Kier alpha value is -3.08. The number of nitrogens with one attached hydrogen (secondary N) is 1. The van der Waals surface area contributed by atoms with Crippen LogP contribution in [0, 0.1) is 13.8 Å². The number of hydrogen-bond acceptors (Lipinski definition) is 6. The van der Waals surface area contributed by atoms with E-state index in [9.17, 15) is 22.8 Å². The highest BCUT2D eigenvalue weighted by Gasteiger charge is 2.36. The van der Waals surface area contributed by atoms with Gasteiger partial charge in [-0.3, -0.25) is 14.5 Å². The average molecular weight is 506 g/mol. The predicted molar refractivity (Wildman–Crippen MR) is 126 cm³/mol. The smallest absolute Gasteiger partial charge is 0.366 e. The van der Waals surface area contributed by atoms with E-state index in [1.54, 1.807) is 0 Å². The van der Waals surface area contributed by atoms with E-state index in [2.05, 4.69) is 20.3 Å². The van der Waals surface area contributed by atoms with E-state index >= 15 is 0 Å². The highest BCUT2D eigenvalue weighted by molar-refractivity contribution is 5.99. The van der Waals surface area contributed by atoms with Gasteiger partial charge in [-0.2, -0.15) is 13.2 Å². The van der Waals surface area contributed by atoms with Crippen molar-refractivity contribution in [2.75, 3.05) is 44.2 Å². The third kappa shape index (κ3) is 4.80. The highest BCUT2D eigenvalue weighted by Crippen LogP contribution is 2.32. The molecule has 2 atom stereocenters. The van der Waals surface area contributed by atoms with Crippen LogP contribution in [0.5, 0.6) is 0 Å². The van der Waals surface area contributed by atoms with Gasteiger partial charge in [-0.15, -0.1) is 0 Å². The van der Waals surface area contributed by atoms with Crippen LogP contribution in [0.3, 0.4) is 0 Å². The monoisotopic (exact) mass is 505 g/mol. The van der Waals surface area contributed by atoms with Gasteiger partial charge in [0.05, 0.1) is 12.1 Å². The molecule has 5 rings (SSSR count). The molecule has 194 valence electrons. The lowest BCUT2D eigenvalue weighted by Crippen LogP contribution is -2.47. The molecule has 2 fully saturated rings. The molecule has 2 aromatic rings. The van der Waals surface area contributed by atoms with Crippen molar-refractivity contribution >= 4 is 17.5 Å². The van der Waals surface area contributed by atoms with Gasteiger partial charge in [0.25, 0.3) is 5.91 Å². The third-order valence-electron chi connectivity index (χ3n) is 7.52. The average Bonchev–Trinajstić information content (AvgIpc) is 3.55. The number of anilines is 1. The van der Waals surface area contributed by atoms with Crippen molar-refractivity contribution in [3.63, 3.8) is 0 Å². The Labute approximate surface area is 207 Å². The van der Waals surface area contributed by atoms with Crippen LogP contribution in [0.1, 0.15) is 45.8 Å². The molecule has 0 bridgehead atoms. The minimum Gasteiger partial charge on any atom is -0.366 e. The topological polar surface area (TPSA) is 81.9 Å². The number of carbonyl (C=O) groups is 2. The molecule has 2 amide bonds. The maximum absolute atomic E-state index is 13.1. The minimum absolute atomic E-state index is 0.0189. The lowest BCUT2D eigenvalue weighted by atomic mass is 9.96. The Morgan fingerprint density at radius 2 is 1.97 bits per heavy atom. The maximum atomic E-state index is 13.1. The first-order valence-electron chi connectivity index (χ1n) is 12.3. The van der Waals surface area contributed by atoms with Crippen molar-refractivity contribution in [1.29, 1.82) is 0 Å². The second-order valence-electron chi connectivity index (χ2n) is 9.96. The summed E-state index contributed by atoms with van der Waals surface area (Å²) in [6, 6.07) is 3.61. The molecule has 3 aliphatic heterocycles. The van der Waals surface area contributed by atoms with E-state index in [0.717, 1.165) is 68.3 Å². The molecular formula is C25H30F3N5O3. The van der Waals surface area contributed by atoms with Gasteiger partial charge in [0.15, 0.2) is 5.76 Å². The van der Waals surface area contributed by atoms with E-state index in [1.807, 2.05) is 13.8 Å². The van der Waals surface area contributed by atoms with Crippen molar-refractivity contribution < 1.29 is 27.3 Å². The Balaban J connectivity index is 1.14. The van der Waals surface area contributed by atoms with Crippen LogP contribution < -0.4 is 10.2 Å². The number of alkyl halides is 3. The van der Waals surface area contributed by atoms with Gasteiger partial charge in [0.1, 0.15) is 11.4 Å². The molecule has 2 saturated heterocycles. The molecule has 1 aromatic carbocycles. The molecule has 1 aromatic heterocycles. The standard InChI is InChI=1S/C25H30F3N5O3/c1-15-23(16(2)36-30-15)32-10-7-20(13-32)31-9-6-19(12-31)29-22(34)14-33-8-5-17-3-4-18(25(26,27)28)11-21(17)24(33)35/h3-4,11,19-20H,5-10,12-14H2,1-2H3,(H,29,34). The summed E-state index contributed by atoms with van der Waals surface area (Å²) in [6.45, 7) is 7.43. The Bertz CT molecular complexity index is 1140. The quantitative estimate of drug-likeness (QED) is 0.673. The first kappa shape index (κ1) is 24.6. The van der Waals surface area contributed by atoms with Gasteiger partial charge in [0.2, 0.25) is 5.91 Å². The largest absolute Gasteiger partial charge is 0.416 e. The lowest BCUT2D eigenvalue weighted by molar-refractivity contribution is -0.137. The number of aryl methyl sites for hydroxylation is 2. The van der Waals surface area contributed by atoms with Crippen LogP contribution in [0.2, 0.25) is 0 Å². The normalized spacial score (nSPS) is 22.9. The number of hydrogen-bond donors (Lipinski definition) is 1. The van der Waals surface area contributed by atoms with Crippen LogP contribution >= 0.6 is 0 Å². The molecule has 0 saturated carbocycles. The summed E-state index contributed by atoms with van der Waals surface area (Å²) in [5, 5.41) is 7.08. The van der Waals surface area contributed by atoms with Crippen molar-refractivity contribution in [1.82, 2.24) is 20.3 Å². The summed E-state index contributed by atoms with van der Waals surface area (Å²) in [4.78, 5) is 31.6. The van der Waals surface area contributed by atoms with Crippen LogP contribution in [0.4, 0.5) is 18.9 Å². The number of carbonyl (C=O) groups excluding carboxylic acids is 2. The van der Waals surface area contributed by atoms with Gasteiger partial charge < -0.3 is 19.6 Å². The lowest BCUT2D eigenvalue weighted by Gasteiger charge is -2.29. The van der Waals surface area contributed by atoms with Crippen LogP contribution in [-0.4, -0.2) is 78.1 Å². The number of rotatable bonds is 5. The molecule has 1 N–H and O–H groups in total. The zero-order valence-corrected chi connectivity index (χ0v) is 20.4. The Kier molecular flexibility index (Phi) is 6.44. The molecule has 0 spiro atoms. The zero-order valence-electron chi connectivity index (χ0n) is 20.4. The molecule has 4 heterocycles. The van der Waals surface area contributed by atoms with Crippen LogP contribution in [-0.2, 0) is 17.4 Å². The van der Waals surface area contributed by atoms with Crippen molar-refractivity contribution in [3.05, 3.63) is 46.3 Å². The van der Waals surface area contributed by atoms with E-state index in [1.165, 1.54) is 11.0 Å². The van der Waals surface area contributed by atoms with Gasteiger partial charge in [0, 0.05) is 50.4 Å². The fraction of sp³-hybridized carbons (Fsp3) is 0.560. The number of aromatic nitrogens is 1. The number of halogens is 3. The van der Waals surface area contributed by atoms with Gasteiger partial charge in [-0.25, -0.2) is 0 Å². The first-order valence-corrected chi connectivity index (χ1v) is 12.3. The van der Waals surface area contributed by atoms with Crippen molar-refractivity contribution in [2.45, 2.75) is 51.4 Å². The Morgan fingerprint density at radius 1 is 1.17 bits per heavy atom. The fourth-order valence-corrected chi connectivity index (χ4v) is 5.70. The highest BCUT2D eigenvalue weighted by atomic mass is 19.4. The number of likely N-dealkylation sites (tertiary alicyclic amines) is 1. The van der Waals surface area contributed by atoms with Gasteiger partial charge in [-0.05, 0) is 50.8 Å². The molecule has 36 heavy (non-hydrogen) atoms. The van der Waals surface area contributed by atoms with Gasteiger partial charge >= 0.3 is 6.18 Å². The summed E-state index contributed by atoms with van der Waals surface area (Å²) in [7, 11) is 0. The predicted octanol–water partition coefficient (Wildman–Crippen LogP) is 2.78. The zero-order chi connectivity index (χ0) is 25.6. The van der Waals surface area contributed by atoms with E-state index in [4.69, 9.17) is 4.52 Å². The summed E-state index contributed by atoms with van der Waals surface area (Å²) in [6.07, 6.45) is -2.26. The fourth-order valence-electron chi connectivity index (χ4n) is 5.70. The third-order valence-corrected chi connectivity index (χ3v) is 7.52. The SMILES string of the molecule is Cc1noc(C)c1N1CCC(N2CCC(NC(=O)CN3CCc4ccc(C(F)(F)F)cc4C3=O)C2)C1. The second kappa shape index (κ2) is 9.42. The van der Waals surface area contributed by atoms with Gasteiger partial charge in [-0.1, -0.05) is 11.2 Å². The molecule has 11 heteroatoms. The van der Waals surface area contributed by atoms with E-state index < -0.39 is 17.6 Å². The summed E-state index contributed by atoms with van der Waals surface area (Å²) in [5.74, 6) is 0.00883. The molecule has 0 aliphatic carbocycles. The van der Waals surface area contributed by atoms with Crippen molar-refractivity contribution in [2.24, 2.45) is 0 Å². The molecule has 2 unspecified atom stereocenters. The summed E-state index contributed by atoms with van der Waals surface area (Å²) < 4.78 is 44.6. The summed E-state index contributed by atoms with van der Waals surface area (Å²) >= 11 is 0. The molecule has 8 nitrogen and oxygen atoms in total. The second-order valence-corrected chi connectivity index (χ2v) is 9.96. The van der Waals surface area contributed by atoms with E-state index in [-0.39, 0.29) is 24.1 Å². The summed E-state index contributed by atoms with van der Waals surface area (Å²) in [5.41, 5.74) is 1.71. The first-order chi connectivity index (χ1) is 17.1. The van der Waals surface area contributed by atoms with Crippen molar-refractivity contribution in [3.8, 4) is 0 Å². The number of benzene rings is 1.